The summed E-state index contributed by atoms with van der Waals surface area (Å²) in [5, 5.41) is 6.81. The van der Waals surface area contributed by atoms with Gasteiger partial charge in [0.05, 0.1) is 11.2 Å². The first-order chi connectivity index (χ1) is 8.24. The molecular formula is C12H10N2O2S. The van der Waals surface area contributed by atoms with Crippen LogP contribution in [-0.4, -0.2) is 9.72 Å². The Bertz CT molecular complexity index is 723. The monoisotopic (exact) mass is 246 g/mol. The van der Waals surface area contributed by atoms with Gasteiger partial charge in [-0.3, -0.25) is 4.79 Å². The first-order valence-corrected chi connectivity index (χ1v) is 6.11. The summed E-state index contributed by atoms with van der Waals surface area (Å²) in [5.74, 6) is 0.755. The van der Waals surface area contributed by atoms with Crippen molar-refractivity contribution in [2.75, 3.05) is 0 Å². The van der Waals surface area contributed by atoms with Crippen molar-refractivity contribution in [1.29, 1.82) is 0 Å². The van der Waals surface area contributed by atoms with Crippen molar-refractivity contribution in [3.63, 3.8) is 0 Å². The van der Waals surface area contributed by atoms with E-state index in [1.807, 2.05) is 30.5 Å². The summed E-state index contributed by atoms with van der Waals surface area (Å²) in [5.41, 5.74) is 0.790. The minimum absolute atomic E-state index is 0.0261. The highest BCUT2D eigenvalue weighted by Crippen LogP contribution is 2.16. The van der Waals surface area contributed by atoms with Crippen molar-refractivity contribution in [3.05, 3.63) is 51.6 Å². The van der Waals surface area contributed by atoms with E-state index >= 15 is 0 Å². The number of hydrogen-bond donors (Lipinski definition) is 0. The van der Waals surface area contributed by atoms with E-state index in [9.17, 15) is 4.79 Å². The predicted molar refractivity (Wildman–Crippen MR) is 66.4 cm³/mol. The van der Waals surface area contributed by atoms with Crippen LogP contribution in [-0.2, 0) is 6.54 Å². The molecule has 0 saturated carbocycles. The van der Waals surface area contributed by atoms with Crippen LogP contribution in [0.25, 0.3) is 10.1 Å². The molecule has 5 heteroatoms. The fraction of sp³-hybridized carbons (Fsp3) is 0.167. The summed E-state index contributed by atoms with van der Waals surface area (Å²) in [6.07, 6.45) is 1.79. The van der Waals surface area contributed by atoms with Crippen molar-refractivity contribution in [2.45, 2.75) is 13.5 Å². The van der Waals surface area contributed by atoms with Crippen LogP contribution >= 0.6 is 11.3 Å². The van der Waals surface area contributed by atoms with Gasteiger partial charge in [0.2, 0.25) is 0 Å². The molecule has 0 unspecified atom stereocenters. The maximum Gasteiger partial charge on any atom is 0.268 e. The van der Waals surface area contributed by atoms with Crippen molar-refractivity contribution in [1.82, 2.24) is 9.72 Å². The minimum atomic E-state index is 0.0261. The predicted octanol–water partition coefficient (Wildman–Crippen LogP) is 2.41. The molecule has 0 N–H and O–H groups in total. The Morgan fingerprint density at radius 3 is 3.12 bits per heavy atom. The van der Waals surface area contributed by atoms with Crippen LogP contribution in [0.5, 0.6) is 0 Å². The quantitative estimate of drug-likeness (QED) is 0.697. The summed E-state index contributed by atoms with van der Waals surface area (Å²) in [7, 11) is 0. The molecular weight excluding hydrogens is 236 g/mol. The van der Waals surface area contributed by atoms with Crippen molar-refractivity contribution in [2.24, 2.45) is 0 Å². The zero-order valence-electron chi connectivity index (χ0n) is 9.21. The van der Waals surface area contributed by atoms with Gasteiger partial charge in [0.1, 0.15) is 11.5 Å². The van der Waals surface area contributed by atoms with Crippen LogP contribution in [0.4, 0.5) is 0 Å². The lowest BCUT2D eigenvalue weighted by molar-refractivity contribution is 0.388. The topological polar surface area (TPSA) is 48.0 Å². The lowest BCUT2D eigenvalue weighted by atomic mass is 10.3. The van der Waals surface area contributed by atoms with Gasteiger partial charge in [-0.1, -0.05) is 5.16 Å². The largest absolute Gasteiger partial charge is 0.361 e. The molecule has 4 nitrogen and oxygen atoms in total. The third kappa shape index (κ3) is 1.78. The number of rotatable bonds is 2. The number of hydrogen-bond acceptors (Lipinski definition) is 4. The zero-order chi connectivity index (χ0) is 11.8. The third-order valence-corrected chi connectivity index (χ3v) is 3.51. The molecule has 0 aliphatic heterocycles. The van der Waals surface area contributed by atoms with E-state index in [-0.39, 0.29) is 5.56 Å². The molecule has 0 saturated heterocycles. The van der Waals surface area contributed by atoms with E-state index in [1.54, 1.807) is 10.8 Å². The molecule has 0 aliphatic carbocycles. The molecule has 0 bridgehead atoms. The van der Waals surface area contributed by atoms with E-state index in [4.69, 9.17) is 4.52 Å². The fourth-order valence-corrected chi connectivity index (χ4v) is 2.63. The van der Waals surface area contributed by atoms with Gasteiger partial charge in [-0.25, -0.2) is 0 Å². The van der Waals surface area contributed by atoms with Crippen LogP contribution in [0.2, 0.25) is 0 Å². The number of nitrogens with zero attached hydrogens (tertiary/aromatic N) is 2. The smallest absolute Gasteiger partial charge is 0.268 e. The van der Waals surface area contributed by atoms with Crippen LogP contribution in [0.1, 0.15) is 11.5 Å². The lowest BCUT2D eigenvalue weighted by Gasteiger charge is -2.01. The number of aryl methyl sites for hydroxylation is 1. The van der Waals surface area contributed by atoms with Crippen molar-refractivity contribution in [3.8, 4) is 0 Å². The van der Waals surface area contributed by atoms with E-state index in [0.717, 1.165) is 21.5 Å². The molecule has 0 aliphatic rings. The molecule has 3 aromatic heterocycles. The summed E-state index contributed by atoms with van der Waals surface area (Å²) in [6, 6.07) is 5.73. The molecule has 3 aromatic rings. The van der Waals surface area contributed by atoms with E-state index in [0.29, 0.717) is 6.54 Å². The van der Waals surface area contributed by atoms with E-state index in [2.05, 4.69) is 5.16 Å². The standard InChI is InChI=1S/C12H10N2O2S/c1-8-6-10(13-16-8)7-14-4-2-9-3-5-17-11(9)12(14)15/h2-6H,7H2,1H3. The van der Waals surface area contributed by atoms with Gasteiger partial charge in [-0.05, 0) is 29.8 Å². The molecule has 0 amide bonds. The van der Waals surface area contributed by atoms with Crippen molar-refractivity contribution >= 4 is 21.4 Å². The lowest BCUT2D eigenvalue weighted by Crippen LogP contribution is -2.19. The normalized spacial score (nSPS) is 11.1. The molecule has 0 spiro atoms. The minimum Gasteiger partial charge on any atom is -0.361 e. The SMILES string of the molecule is Cc1cc(Cn2ccc3ccsc3c2=O)no1. The van der Waals surface area contributed by atoms with Crippen LogP contribution in [0.15, 0.2) is 39.1 Å². The Balaban J connectivity index is 2.06. The maximum atomic E-state index is 12.1. The summed E-state index contributed by atoms with van der Waals surface area (Å²) in [4.78, 5) is 12.1. The fourth-order valence-electron chi connectivity index (χ4n) is 1.78. The first-order valence-electron chi connectivity index (χ1n) is 5.23. The molecule has 3 heterocycles. The maximum absolute atomic E-state index is 12.1. The van der Waals surface area contributed by atoms with Crippen molar-refractivity contribution < 1.29 is 4.52 Å². The Kier molecular flexibility index (Phi) is 2.33. The Morgan fingerprint density at radius 2 is 2.35 bits per heavy atom. The molecule has 86 valence electrons. The number of pyridine rings is 1. The van der Waals surface area contributed by atoms with Gasteiger partial charge in [0, 0.05) is 12.3 Å². The molecule has 3 rings (SSSR count). The number of thiophene rings is 1. The number of fused-ring (bicyclic) bond motifs is 1. The van der Waals surface area contributed by atoms with Gasteiger partial charge < -0.3 is 9.09 Å². The molecule has 0 fully saturated rings. The third-order valence-electron chi connectivity index (χ3n) is 2.59. The molecule has 0 radical (unpaired) electrons. The molecule has 0 atom stereocenters. The average molecular weight is 246 g/mol. The zero-order valence-corrected chi connectivity index (χ0v) is 10.0. The second-order valence-electron chi connectivity index (χ2n) is 3.88. The first kappa shape index (κ1) is 10.3. The van der Waals surface area contributed by atoms with Gasteiger partial charge in [0.25, 0.3) is 5.56 Å². The Labute approximate surface area is 101 Å². The number of aromatic nitrogens is 2. The molecule has 17 heavy (non-hydrogen) atoms. The Hall–Kier alpha value is -1.88. The van der Waals surface area contributed by atoms with Crippen LogP contribution < -0.4 is 5.56 Å². The van der Waals surface area contributed by atoms with Gasteiger partial charge in [-0.2, -0.15) is 0 Å². The summed E-state index contributed by atoms with van der Waals surface area (Å²) < 4.78 is 7.42. The van der Waals surface area contributed by atoms with E-state index < -0.39 is 0 Å². The highest BCUT2D eigenvalue weighted by molar-refractivity contribution is 7.17. The second-order valence-corrected chi connectivity index (χ2v) is 4.80. The molecule has 0 aromatic carbocycles. The average Bonchev–Trinajstić information content (AvgIpc) is 2.92. The Morgan fingerprint density at radius 1 is 1.47 bits per heavy atom. The highest BCUT2D eigenvalue weighted by atomic mass is 32.1. The second kappa shape index (κ2) is 3.85. The van der Waals surface area contributed by atoms with E-state index in [1.165, 1.54) is 11.3 Å². The highest BCUT2D eigenvalue weighted by Gasteiger charge is 2.06. The summed E-state index contributed by atoms with van der Waals surface area (Å²) in [6.45, 7) is 2.28. The van der Waals surface area contributed by atoms with Crippen LogP contribution in [0, 0.1) is 6.92 Å². The van der Waals surface area contributed by atoms with Gasteiger partial charge in [-0.15, -0.1) is 11.3 Å². The van der Waals surface area contributed by atoms with Gasteiger partial charge >= 0.3 is 0 Å². The summed E-state index contributed by atoms with van der Waals surface area (Å²) >= 11 is 1.47. The van der Waals surface area contributed by atoms with Gasteiger partial charge in [0.15, 0.2) is 0 Å². The van der Waals surface area contributed by atoms with Crippen LogP contribution in [0.3, 0.4) is 0 Å².